The van der Waals surface area contributed by atoms with E-state index in [0.29, 0.717) is 0 Å². The van der Waals surface area contributed by atoms with Crippen LogP contribution in [-0.4, -0.2) is 59.5 Å². The van der Waals surface area contributed by atoms with Crippen LogP contribution in [0.2, 0.25) is 0 Å². The van der Waals surface area contributed by atoms with E-state index in [1.165, 1.54) is 6.92 Å². The Morgan fingerprint density at radius 1 is 0.920 bits per heavy atom. The van der Waals surface area contributed by atoms with Crippen molar-refractivity contribution in [2.75, 3.05) is 6.61 Å². The maximum Gasteiger partial charge on any atom is 0.303 e. The van der Waals surface area contributed by atoms with E-state index in [1.54, 1.807) is 0 Å². The van der Waals surface area contributed by atoms with Crippen LogP contribution in [0.1, 0.15) is 27.7 Å². The predicted octanol–water partition coefficient (Wildman–Crippen LogP) is -0.249. The quantitative estimate of drug-likeness (QED) is 0.271. The third-order valence-corrected chi connectivity index (χ3v) is 3.69. The normalized spacial score (nSPS) is 31.6. The lowest BCUT2D eigenvalue weighted by Crippen LogP contribution is -2.69. The number of carbonyl (C=O) groups excluding carboxylic acids is 4. The second kappa shape index (κ2) is 8.59. The number of halogens is 1. The van der Waals surface area contributed by atoms with E-state index in [2.05, 4.69) is 15.9 Å². The van der Waals surface area contributed by atoms with Gasteiger partial charge in [-0.2, -0.15) is 0 Å². The smallest absolute Gasteiger partial charge is 0.303 e. The molecule has 0 saturated carbocycles. The van der Waals surface area contributed by atoms with E-state index in [4.69, 9.17) is 29.4 Å². The summed E-state index contributed by atoms with van der Waals surface area (Å²) < 4.78 is 24.0. The summed E-state index contributed by atoms with van der Waals surface area (Å²) in [5.74, 6) is -2.76. The van der Waals surface area contributed by atoms with Crippen molar-refractivity contribution in [1.82, 2.24) is 0 Å². The van der Waals surface area contributed by atoms with Gasteiger partial charge in [-0.1, -0.05) is 0 Å². The zero-order valence-electron chi connectivity index (χ0n) is 14.1. The Morgan fingerprint density at radius 2 is 1.40 bits per heavy atom. The van der Waals surface area contributed by atoms with Gasteiger partial charge in [0.25, 0.3) is 0 Å². The Kier molecular flexibility index (Phi) is 7.32. The Balaban J connectivity index is 3.24. The van der Waals surface area contributed by atoms with Crippen LogP contribution in [0.4, 0.5) is 0 Å². The van der Waals surface area contributed by atoms with E-state index in [0.717, 1.165) is 20.8 Å². The summed E-state index contributed by atoms with van der Waals surface area (Å²) in [6.07, 6.45) is -4.91. The molecule has 11 heteroatoms. The van der Waals surface area contributed by atoms with Crippen molar-refractivity contribution in [1.29, 1.82) is 0 Å². The van der Waals surface area contributed by atoms with Gasteiger partial charge >= 0.3 is 23.9 Å². The van der Waals surface area contributed by atoms with Gasteiger partial charge in [0.15, 0.2) is 18.3 Å². The molecule has 0 bridgehead atoms. The Hall–Kier alpha value is -1.72. The minimum absolute atomic E-state index is 0.331. The van der Waals surface area contributed by atoms with E-state index in [-0.39, 0.29) is 6.61 Å². The molecule has 1 fully saturated rings. The summed E-state index contributed by atoms with van der Waals surface area (Å²) >= 11 is 3.07. The Bertz CT molecular complexity index is 550. The molecule has 5 atom stereocenters. The summed E-state index contributed by atoms with van der Waals surface area (Å²) in [5.41, 5.74) is 5.97. The molecule has 0 spiro atoms. The molecule has 1 aliphatic rings. The van der Waals surface area contributed by atoms with Crippen LogP contribution >= 0.6 is 15.9 Å². The van der Waals surface area contributed by atoms with Crippen LogP contribution < -0.4 is 5.73 Å². The zero-order chi connectivity index (χ0) is 19.4. The van der Waals surface area contributed by atoms with Crippen LogP contribution in [0.15, 0.2) is 0 Å². The fraction of sp³-hybridized carbons (Fsp3) is 0.714. The van der Waals surface area contributed by atoms with Crippen molar-refractivity contribution in [3.8, 4) is 0 Å². The molecule has 0 aromatic carbocycles. The molecule has 25 heavy (non-hydrogen) atoms. The molecule has 0 aliphatic carbocycles. The van der Waals surface area contributed by atoms with Crippen LogP contribution in [0.25, 0.3) is 0 Å². The van der Waals surface area contributed by atoms with Crippen molar-refractivity contribution in [3.63, 3.8) is 0 Å². The molecule has 1 saturated heterocycles. The second-order valence-corrected chi connectivity index (χ2v) is 6.57. The molecule has 0 amide bonds. The van der Waals surface area contributed by atoms with Crippen LogP contribution in [0, 0.1) is 0 Å². The fourth-order valence-electron chi connectivity index (χ4n) is 2.28. The topological polar surface area (TPSA) is 140 Å². The zero-order valence-corrected chi connectivity index (χ0v) is 15.7. The monoisotopic (exact) mass is 425 g/mol. The molecule has 0 aromatic heterocycles. The standard InChI is InChI=1S/C14H20BrNO9/c1-6(17)21-5-10-11(22-7(2)18)12(23-8(3)19)13(24-9(4)20)14(15,16)25-10/h10-13H,5,16H2,1-4H3/t10-,11+,12+,13-,14-/m1/s1. The number of hydrogen-bond acceptors (Lipinski definition) is 10. The molecule has 1 rings (SSSR count). The lowest BCUT2D eigenvalue weighted by atomic mass is 9.97. The van der Waals surface area contributed by atoms with Gasteiger partial charge in [-0.05, 0) is 15.9 Å². The van der Waals surface area contributed by atoms with Gasteiger partial charge < -0.3 is 23.7 Å². The average molecular weight is 426 g/mol. The molecule has 1 aliphatic heterocycles. The number of alkyl halides is 1. The van der Waals surface area contributed by atoms with Gasteiger partial charge in [-0.15, -0.1) is 0 Å². The number of hydrogen-bond donors (Lipinski definition) is 1. The van der Waals surface area contributed by atoms with Gasteiger partial charge in [0.1, 0.15) is 12.7 Å². The van der Waals surface area contributed by atoms with Gasteiger partial charge in [0.05, 0.1) is 0 Å². The van der Waals surface area contributed by atoms with Crippen molar-refractivity contribution < 1.29 is 42.9 Å². The van der Waals surface area contributed by atoms with Crippen LogP contribution in [0.3, 0.4) is 0 Å². The number of rotatable bonds is 5. The van der Waals surface area contributed by atoms with Crippen LogP contribution in [-0.2, 0) is 42.9 Å². The number of carbonyl (C=O) groups is 4. The van der Waals surface area contributed by atoms with Crippen molar-refractivity contribution in [2.24, 2.45) is 5.73 Å². The molecule has 10 nitrogen and oxygen atoms in total. The summed E-state index contributed by atoms with van der Waals surface area (Å²) in [7, 11) is 0. The van der Waals surface area contributed by atoms with Gasteiger partial charge in [-0.25, -0.2) is 0 Å². The second-order valence-electron chi connectivity index (χ2n) is 5.33. The molecular formula is C14H20BrNO9. The number of nitrogens with two attached hydrogens (primary N) is 1. The first-order valence-electron chi connectivity index (χ1n) is 7.24. The largest absolute Gasteiger partial charge is 0.463 e. The first-order valence-corrected chi connectivity index (χ1v) is 8.04. The SMILES string of the molecule is CC(=O)OC[C@H]1O[C@@](N)(Br)[C@H](OC(C)=O)[C@@H](OC(C)=O)[C@H]1OC(C)=O. The molecule has 1 heterocycles. The van der Waals surface area contributed by atoms with Gasteiger partial charge in [-0.3, -0.25) is 24.9 Å². The highest BCUT2D eigenvalue weighted by Crippen LogP contribution is 2.36. The summed E-state index contributed by atoms with van der Waals surface area (Å²) in [4.78, 5) is 45.4. The van der Waals surface area contributed by atoms with Crippen LogP contribution in [0.5, 0.6) is 0 Å². The molecule has 0 aromatic rings. The highest BCUT2D eigenvalue weighted by molar-refractivity contribution is 9.10. The van der Waals surface area contributed by atoms with E-state index >= 15 is 0 Å². The first-order chi connectivity index (χ1) is 11.4. The summed E-state index contributed by atoms with van der Waals surface area (Å²) in [5, 5.41) is 0. The Labute approximate surface area is 152 Å². The third-order valence-electron chi connectivity index (χ3n) is 3.06. The lowest BCUT2D eigenvalue weighted by Gasteiger charge is -2.46. The van der Waals surface area contributed by atoms with Crippen molar-refractivity contribution in [3.05, 3.63) is 0 Å². The van der Waals surface area contributed by atoms with Crippen molar-refractivity contribution in [2.45, 2.75) is 56.7 Å². The van der Waals surface area contributed by atoms with E-state index < -0.39 is 52.9 Å². The van der Waals surface area contributed by atoms with Crippen molar-refractivity contribution >= 4 is 39.8 Å². The highest BCUT2D eigenvalue weighted by atomic mass is 79.9. The first kappa shape index (κ1) is 21.3. The molecule has 2 N–H and O–H groups in total. The maximum atomic E-state index is 11.5. The summed E-state index contributed by atoms with van der Waals surface area (Å²) in [6.45, 7) is 4.23. The van der Waals surface area contributed by atoms with Gasteiger partial charge in [0, 0.05) is 27.7 Å². The molecular weight excluding hydrogens is 406 g/mol. The number of esters is 4. The average Bonchev–Trinajstić information content (AvgIpc) is 2.42. The minimum Gasteiger partial charge on any atom is -0.463 e. The third kappa shape index (κ3) is 6.25. The van der Waals surface area contributed by atoms with E-state index in [9.17, 15) is 19.2 Å². The highest BCUT2D eigenvalue weighted by Gasteiger charge is 2.57. The maximum absolute atomic E-state index is 11.5. The molecule has 0 unspecified atom stereocenters. The predicted molar refractivity (Wildman–Crippen MR) is 84.0 cm³/mol. The van der Waals surface area contributed by atoms with E-state index in [1.807, 2.05) is 0 Å². The Morgan fingerprint density at radius 3 is 1.84 bits per heavy atom. The minimum atomic E-state index is -1.78. The number of ether oxygens (including phenoxy) is 5. The molecule has 0 radical (unpaired) electrons. The van der Waals surface area contributed by atoms with Gasteiger partial charge in [0.2, 0.25) is 4.63 Å². The summed E-state index contributed by atoms with van der Waals surface area (Å²) in [6, 6.07) is 0. The molecule has 142 valence electrons. The fourth-order valence-corrected chi connectivity index (χ4v) is 2.88. The lowest BCUT2D eigenvalue weighted by molar-refractivity contribution is -0.258.